The highest BCUT2D eigenvalue weighted by molar-refractivity contribution is 5.99. The van der Waals surface area contributed by atoms with Gasteiger partial charge >= 0.3 is 0 Å². The molecule has 0 saturated carbocycles. The molecule has 1 atom stereocenters. The van der Waals surface area contributed by atoms with Crippen molar-refractivity contribution in [1.82, 2.24) is 20.4 Å². The molecule has 1 N–H and O–H groups in total. The van der Waals surface area contributed by atoms with Crippen molar-refractivity contribution in [2.75, 3.05) is 0 Å². The minimum Gasteiger partial charge on any atom is -0.340 e. The highest BCUT2D eigenvalue weighted by Crippen LogP contribution is 2.23. The zero-order chi connectivity index (χ0) is 20.5. The van der Waals surface area contributed by atoms with Crippen LogP contribution in [0.3, 0.4) is 0 Å². The van der Waals surface area contributed by atoms with Gasteiger partial charge < -0.3 is 9.84 Å². The highest BCUT2D eigenvalue weighted by Gasteiger charge is 2.20. The molecule has 2 aromatic heterocycles. The molecule has 0 aliphatic carbocycles. The number of amides is 1. The van der Waals surface area contributed by atoms with Gasteiger partial charge in [0.2, 0.25) is 11.7 Å². The zero-order valence-corrected chi connectivity index (χ0v) is 16.9. The van der Waals surface area contributed by atoms with Gasteiger partial charge in [-0.3, -0.25) is 9.78 Å². The summed E-state index contributed by atoms with van der Waals surface area (Å²) >= 11 is 0. The van der Waals surface area contributed by atoms with E-state index in [1.807, 2.05) is 76.2 Å². The summed E-state index contributed by atoms with van der Waals surface area (Å²) in [5, 5.41) is 7.94. The minimum atomic E-state index is -0.430. The summed E-state index contributed by atoms with van der Waals surface area (Å²) in [5.41, 5.74) is 5.18. The maximum Gasteiger partial charge on any atom is 0.253 e. The number of pyridine rings is 1. The summed E-state index contributed by atoms with van der Waals surface area (Å²) in [6, 6.07) is 15.2. The number of hydrogen-bond donors (Lipinski definition) is 1. The van der Waals surface area contributed by atoms with Crippen LogP contribution in [-0.2, 0) is 0 Å². The van der Waals surface area contributed by atoms with Crippen molar-refractivity contribution in [3.8, 4) is 11.4 Å². The number of para-hydroxylation sites is 1. The number of carbonyl (C=O) groups excluding carboxylic acids is 1. The van der Waals surface area contributed by atoms with Crippen molar-refractivity contribution in [1.29, 1.82) is 0 Å². The third kappa shape index (κ3) is 3.61. The summed E-state index contributed by atoms with van der Waals surface area (Å²) in [6.07, 6.45) is 0. The molecule has 6 nitrogen and oxygen atoms in total. The number of benzene rings is 2. The number of nitrogens with zero attached hydrogens (tertiary/aromatic N) is 3. The number of carbonyl (C=O) groups is 1. The minimum absolute atomic E-state index is 0.221. The normalized spacial score (nSPS) is 12.1. The summed E-state index contributed by atoms with van der Waals surface area (Å²) in [7, 11) is 0. The monoisotopic (exact) mass is 386 g/mol. The Labute approximate surface area is 169 Å². The van der Waals surface area contributed by atoms with Crippen molar-refractivity contribution in [3.63, 3.8) is 0 Å². The summed E-state index contributed by atoms with van der Waals surface area (Å²) in [6.45, 7) is 7.67. The molecule has 2 heterocycles. The van der Waals surface area contributed by atoms with Gasteiger partial charge in [-0.15, -0.1) is 0 Å². The van der Waals surface area contributed by atoms with Crippen LogP contribution in [0.15, 0.2) is 53.1 Å². The molecule has 2 aromatic carbocycles. The molecule has 0 radical (unpaired) electrons. The van der Waals surface area contributed by atoms with Gasteiger partial charge in [-0.05, 0) is 44.9 Å². The van der Waals surface area contributed by atoms with Crippen LogP contribution in [0.5, 0.6) is 0 Å². The molecule has 0 aliphatic rings. The molecule has 146 valence electrons. The van der Waals surface area contributed by atoms with E-state index < -0.39 is 6.04 Å². The van der Waals surface area contributed by atoms with Crippen molar-refractivity contribution >= 4 is 16.8 Å². The lowest BCUT2D eigenvalue weighted by atomic mass is 10.1. The summed E-state index contributed by atoms with van der Waals surface area (Å²) < 4.78 is 5.40. The van der Waals surface area contributed by atoms with Gasteiger partial charge in [0.1, 0.15) is 6.04 Å². The third-order valence-corrected chi connectivity index (χ3v) is 5.03. The Morgan fingerprint density at radius 2 is 1.76 bits per heavy atom. The van der Waals surface area contributed by atoms with Gasteiger partial charge in [-0.1, -0.05) is 47.6 Å². The quantitative estimate of drug-likeness (QED) is 0.550. The highest BCUT2D eigenvalue weighted by atomic mass is 16.5. The van der Waals surface area contributed by atoms with E-state index in [-0.39, 0.29) is 5.91 Å². The van der Waals surface area contributed by atoms with Crippen molar-refractivity contribution in [2.45, 2.75) is 33.7 Å². The Hall–Kier alpha value is -3.54. The van der Waals surface area contributed by atoms with Gasteiger partial charge in [-0.25, -0.2) is 0 Å². The second-order valence-corrected chi connectivity index (χ2v) is 7.23. The number of aryl methyl sites for hydroxylation is 3. The van der Waals surface area contributed by atoms with Crippen molar-refractivity contribution in [2.24, 2.45) is 0 Å². The van der Waals surface area contributed by atoms with Crippen LogP contribution in [0.2, 0.25) is 0 Å². The van der Waals surface area contributed by atoms with E-state index in [1.165, 1.54) is 0 Å². The Morgan fingerprint density at radius 1 is 1.00 bits per heavy atom. The lowest BCUT2D eigenvalue weighted by Crippen LogP contribution is -2.27. The van der Waals surface area contributed by atoms with Gasteiger partial charge in [0.15, 0.2) is 0 Å². The average molecular weight is 386 g/mol. The Balaban J connectivity index is 1.57. The fourth-order valence-corrected chi connectivity index (χ4v) is 3.35. The fraction of sp³-hybridized carbons (Fsp3) is 0.217. The first-order chi connectivity index (χ1) is 13.9. The number of aromatic nitrogens is 3. The second-order valence-electron chi connectivity index (χ2n) is 7.23. The molecule has 0 fully saturated rings. The van der Waals surface area contributed by atoms with Crippen molar-refractivity contribution < 1.29 is 9.32 Å². The number of rotatable bonds is 4. The Morgan fingerprint density at radius 3 is 2.55 bits per heavy atom. The van der Waals surface area contributed by atoms with E-state index in [0.29, 0.717) is 23.0 Å². The van der Waals surface area contributed by atoms with Crippen LogP contribution >= 0.6 is 0 Å². The Kier molecular flexibility index (Phi) is 4.84. The molecule has 0 aliphatic heterocycles. The van der Waals surface area contributed by atoms with Crippen LogP contribution in [0.25, 0.3) is 22.3 Å². The molecule has 29 heavy (non-hydrogen) atoms. The molecular weight excluding hydrogens is 364 g/mol. The van der Waals surface area contributed by atoms with Crippen LogP contribution in [0.4, 0.5) is 0 Å². The van der Waals surface area contributed by atoms with Gasteiger partial charge in [-0.2, -0.15) is 4.98 Å². The first-order valence-electron chi connectivity index (χ1n) is 9.51. The number of hydrogen-bond acceptors (Lipinski definition) is 5. The third-order valence-electron chi connectivity index (χ3n) is 5.03. The van der Waals surface area contributed by atoms with E-state index in [9.17, 15) is 4.79 Å². The van der Waals surface area contributed by atoms with Crippen LogP contribution in [-0.4, -0.2) is 21.0 Å². The molecule has 1 unspecified atom stereocenters. The van der Waals surface area contributed by atoms with E-state index in [4.69, 9.17) is 4.52 Å². The molecule has 0 bridgehead atoms. The van der Waals surface area contributed by atoms with E-state index in [0.717, 1.165) is 27.6 Å². The largest absolute Gasteiger partial charge is 0.340 e. The SMILES string of the molecule is Cc1ccccc1-c1noc(C(C)NC(=O)c2cc3cccc(C)c3nc2C)n1. The topological polar surface area (TPSA) is 80.9 Å². The summed E-state index contributed by atoms with van der Waals surface area (Å²) in [5.74, 6) is 0.652. The molecule has 4 aromatic rings. The van der Waals surface area contributed by atoms with Crippen LogP contribution in [0.1, 0.15) is 46.0 Å². The standard InChI is InChI=1S/C23H22N4O2/c1-13-8-5-6-11-18(13)21-26-23(29-27-21)16(4)25-22(28)19-12-17-10-7-9-14(2)20(17)24-15(19)3/h5-12,16H,1-4H3,(H,25,28). The number of nitrogens with one attached hydrogen (secondary N) is 1. The van der Waals surface area contributed by atoms with Gasteiger partial charge in [0, 0.05) is 10.9 Å². The summed E-state index contributed by atoms with van der Waals surface area (Å²) in [4.78, 5) is 21.9. The fourth-order valence-electron chi connectivity index (χ4n) is 3.35. The van der Waals surface area contributed by atoms with E-state index >= 15 is 0 Å². The lowest BCUT2D eigenvalue weighted by Gasteiger charge is -2.12. The van der Waals surface area contributed by atoms with Crippen LogP contribution < -0.4 is 5.32 Å². The average Bonchev–Trinajstić information content (AvgIpc) is 3.18. The molecule has 4 rings (SSSR count). The molecule has 1 amide bonds. The predicted octanol–water partition coefficient (Wildman–Crippen LogP) is 4.70. The molecule has 6 heteroatoms. The Bertz CT molecular complexity index is 1210. The molecule has 0 spiro atoms. The second kappa shape index (κ2) is 7.47. The number of fused-ring (bicyclic) bond motifs is 1. The molecular formula is C23H22N4O2. The maximum atomic E-state index is 12.9. The molecule has 0 saturated heterocycles. The lowest BCUT2D eigenvalue weighted by molar-refractivity contribution is 0.0931. The van der Waals surface area contributed by atoms with Crippen molar-refractivity contribution in [3.05, 3.63) is 76.8 Å². The van der Waals surface area contributed by atoms with E-state index in [1.54, 1.807) is 0 Å². The predicted molar refractivity (Wildman–Crippen MR) is 112 cm³/mol. The van der Waals surface area contributed by atoms with Gasteiger partial charge in [0.05, 0.1) is 16.8 Å². The smallest absolute Gasteiger partial charge is 0.253 e. The van der Waals surface area contributed by atoms with E-state index in [2.05, 4.69) is 20.4 Å². The maximum absolute atomic E-state index is 12.9. The van der Waals surface area contributed by atoms with Crippen LogP contribution in [0, 0.1) is 20.8 Å². The zero-order valence-electron chi connectivity index (χ0n) is 16.9. The van der Waals surface area contributed by atoms with Gasteiger partial charge in [0.25, 0.3) is 5.91 Å². The first-order valence-corrected chi connectivity index (χ1v) is 9.51. The first kappa shape index (κ1) is 18.8.